The minimum atomic E-state index is -3.76. The average molecular weight is 492 g/mol. The number of hydrogen-bond acceptors (Lipinski definition) is 8. The van der Waals surface area contributed by atoms with E-state index in [0.717, 1.165) is 32.1 Å². The molecule has 1 fully saturated rings. The molecule has 0 atom stereocenters. The van der Waals surface area contributed by atoms with Gasteiger partial charge in [0.25, 0.3) is 11.5 Å². The van der Waals surface area contributed by atoms with Crippen LogP contribution >= 0.6 is 0 Å². The highest BCUT2D eigenvalue weighted by molar-refractivity contribution is 7.89. The van der Waals surface area contributed by atoms with Gasteiger partial charge in [0.15, 0.2) is 5.82 Å². The Kier molecular flexibility index (Phi) is 7.64. The molecule has 186 valence electrons. The van der Waals surface area contributed by atoms with Crippen LogP contribution < -0.4 is 32.4 Å². The number of aryl methyl sites for hydroxylation is 1. The number of carbonyl (C=O) groups is 1. The number of nitrogens with two attached hydrogens (primary N) is 2. The number of amides is 1. The van der Waals surface area contributed by atoms with Gasteiger partial charge in [-0.05, 0) is 51.3 Å². The summed E-state index contributed by atoms with van der Waals surface area (Å²) in [7, 11) is -3.76. The van der Waals surface area contributed by atoms with Gasteiger partial charge >= 0.3 is 0 Å². The van der Waals surface area contributed by atoms with Crippen molar-refractivity contribution in [2.45, 2.75) is 69.4 Å². The third-order valence-corrected chi connectivity index (χ3v) is 7.44. The predicted molar refractivity (Wildman–Crippen MR) is 132 cm³/mol. The number of nitrogens with one attached hydrogen (secondary N) is 4. The Hall–Kier alpha value is -2.96. The zero-order valence-electron chi connectivity index (χ0n) is 19.7. The van der Waals surface area contributed by atoms with E-state index in [1.807, 2.05) is 0 Å². The molecule has 0 saturated heterocycles. The molecule has 1 amide bonds. The summed E-state index contributed by atoms with van der Waals surface area (Å²) in [4.78, 5) is 31.6. The Bertz CT molecular complexity index is 1220. The van der Waals surface area contributed by atoms with Crippen molar-refractivity contribution < 1.29 is 13.2 Å². The van der Waals surface area contributed by atoms with Crippen LogP contribution in [0.5, 0.6) is 0 Å². The van der Waals surface area contributed by atoms with Crippen molar-refractivity contribution in [2.24, 2.45) is 11.5 Å². The van der Waals surface area contributed by atoms with Crippen molar-refractivity contribution >= 4 is 33.4 Å². The van der Waals surface area contributed by atoms with Gasteiger partial charge in [-0.25, -0.2) is 13.1 Å². The predicted octanol–water partition coefficient (Wildman–Crippen LogP) is 1.68. The Morgan fingerprint density at radius 1 is 1.24 bits per heavy atom. The highest BCUT2D eigenvalue weighted by atomic mass is 32.2. The summed E-state index contributed by atoms with van der Waals surface area (Å²) in [5, 5.41) is 5.99. The molecule has 0 aliphatic heterocycles. The molecule has 0 bridgehead atoms. The summed E-state index contributed by atoms with van der Waals surface area (Å²) >= 11 is 0. The Morgan fingerprint density at radius 2 is 1.91 bits per heavy atom. The van der Waals surface area contributed by atoms with Crippen LogP contribution in [0.2, 0.25) is 0 Å². The molecule has 0 spiro atoms. The van der Waals surface area contributed by atoms with Gasteiger partial charge in [-0.2, -0.15) is 4.98 Å². The third-order valence-electron chi connectivity index (χ3n) is 5.79. The number of rotatable bonds is 9. The standard InChI is InChI=1S/C22H33N7O4S/c1-13(2)29-34(32,33)15-8-7-14(3)16(11-15)26-19-17(18(23)30)20(31)28-21(27-19)25-12-22(24)9-5-4-6-10-22/h7-8,11,13,29H,4-6,9-10,12,24H2,1-3H3,(H2,23,30)(H3,25,26,27,28,31). The highest BCUT2D eigenvalue weighted by Gasteiger charge is 2.28. The topological polar surface area (TPSA) is 185 Å². The van der Waals surface area contributed by atoms with E-state index >= 15 is 0 Å². The third kappa shape index (κ3) is 6.13. The first-order chi connectivity index (χ1) is 15.9. The van der Waals surface area contributed by atoms with Crippen LogP contribution in [0, 0.1) is 6.92 Å². The Labute approximate surface area is 199 Å². The number of carbonyl (C=O) groups excluding carboxylic acids is 1. The first-order valence-corrected chi connectivity index (χ1v) is 12.8. The lowest BCUT2D eigenvalue weighted by molar-refractivity contribution is 0.0999. The summed E-state index contributed by atoms with van der Waals surface area (Å²) in [6, 6.07) is 4.22. The zero-order chi connectivity index (χ0) is 25.1. The largest absolute Gasteiger partial charge is 0.365 e. The summed E-state index contributed by atoms with van der Waals surface area (Å²) in [6.07, 6.45) is 4.95. The van der Waals surface area contributed by atoms with Gasteiger partial charge in [0.1, 0.15) is 5.56 Å². The van der Waals surface area contributed by atoms with Crippen molar-refractivity contribution in [2.75, 3.05) is 17.2 Å². The van der Waals surface area contributed by atoms with E-state index in [1.54, 1.807) is 26.8 Å². The van der Waals surface area contributed by atoms with E-state index in [-0.39, 0.29) is 28.3 Å². The lowest BCUT2D eigenvalue weighted by atomic mass is 9.82. The van der Waals surface area contributed by atoms with Crippen LogP contribution in [-0.2, 0) is 10.0 Å². The molecule has 3 rings (SSSR count). The van der Waals surface area contributed by atoms with Crippen LogP contribution in [0.1, 0.15) is 61.9 Å². The maximum Gasteiger partial charge on any atom is 0.267 e. The number of primary amides is 1. The van der Waals surface area contributed by atoms with Crippen molar-refractivity contribution in [1.29, 1.82) is 0 Å². The van der Waals surface area contributed by atoms with Crippen molar-refractivity contribution in [3.05, 3.63) is 39.7 Å². The average Bonchev–Trinajstić information content (AvgIpc) is 2.73. The molecular formula is C22H33N7O4S. The van der Waals surface area contributed by atoms with Crippen molar-refractivity contribution in [3.8, 4) is 0 Å². The van der Waals surface area contributed by atoms with E-state index in [4.69, 9.17) is 11.5 Å². The molecular weight excluding hydrogens is 458 g/mol. The fourth-order valence-electron chi connectivity index (χ4n) is 3.98. The number of H-pyrrole nitrogens is 1. The number of anilines is 3. The van der Waals surface area contributed by atoms with Crippen LogP contribution in [-0.4, -0.2) is 42.4 Å². The molecule has 1 aromatic heterocycles. The number of benzene rings is 1. The lowest BCUT2D eigenvalue weighted by Gasteiger charge is -2.33. The second-order valence-corrected chi connectivity index (χ2v) is 10.9. The zero-order valence-corrected chi connectivity index (χ0v) is 20.5. The van der Waals surface area contributed by atoms with E-state index in [1.165, 1.54) is 12.1 Å². The molecule has 1 aliphatic carbocycles. The Balaban J connectivity index is 1.95. The van der Waals surface area contributed by atoms with Crippen LogP contribution in [0.25, 0.3) is 0 Å². The minimum Gasteiger partial charge on any atom is -0.365 e. The van der Waals surface area contributed by atoms with Gasteiger partial charge < -0.3 is 22.1 Å². The smallest absolute Gasteiger partial charge is 0.267 e. The van der Waals surface area contributed by atoms with E-state index < -0.39 is 27.0 Å². The molecule has 1 heterocycles. The highest BCUT2D eigenvalue weighted by Crippen LogP contribution is 2.27. The summed E-state index contributed by atoms with van der Waals surface area (Å²) in [5.74, 6) is -0.910. The first kappa shape index (κ1) is 25.7. The minimum absolute atomic E-state index is 0.0282. The second kappa shape index (κ2) is 10.1. The summed E-state index contributed by atoms with van der Waals surface area (Å²) < 4.78 is 27.7. The van der Waals surface area contributed by atoms with E-state index in [2.05, 4.69) is 25.3 Å². The SMILES string of the molecule is Cc1ccc(S(=O)(=O)NC(C)C)cc1Nc1nc(NCC2(N)CCCCC2)[nH]c(=O)c1C(N)=O. The van der Waals surface area contributed by atoms with E-state index in [9.17, 15) is 18.0 Å². The summed E-state index contributed by atoms with van der Waals surface area (Å²) in [6.45, 7) is 5.60. The quantitative estimate of drug-likeness (QED) is 0.306. The molecule has 1 aromatic carbocycles. The van der Waals surface area contributed by atoms with Gasteiger partial charge in [0, 0.05) is 23.8 Å². The Morgan fingerprint density at radius 3 is 2.53 bits per heavy atom. The molecule has 0 unspecified atom stereocenters. The molecule has 1 aliphatic rings. The van der Waals surface area contributed by atoms with Crippen LogP contribution in [0.15, 0.2) is 27.9 Å². The van der Waals surface area contributed by atoms with E-state index in [0.29, 0.717) is 17.8 Å². The van der Waals surface area contributed by atoms with Gasteiger partial charge in [-0.1, -0.05) is 25.3 Å². The first-order valence-electron chi connectivity index (χ1n) is 11.3. The molecule has 0 radical (unpaired) electrons. The molecule has 34 heavy (non-hydrogen) atoms. The van der Waals surface area contributed by atoms with Gasteiger partial charge in [0.2, 0.25) is 16.0 Å². The number of nitrogens with zero attached hydrogens (tertiary/aromatic N) is 1. The molecule has 12 heteroatoms. The lowest BCUT2D eigenvalue weighted by Crippen LogP contribution is -2.48. The second-order valence-electron chi connectivity index (χ2n) is 9.16. The fourth-order valence-corrected chi connectivity index (χ4v) is 5.25. The van der Waals surface area contributed by atoms with Crippen LogP contribution in [0.3, 0.4) is 0 Å². The van der Waals surface area contributed by atoms with Gasteiger partial charge in [0.05, 0.1) is 4.90 Å². The maximum atomic E-state index is 12.6. The summed E-state index contributed by atoms with van der Waals surface area (Å²) in [5.41, 5.74) is 11.5. The molecule has 1 saturated carbocycles. The number of sulfonamides is 1. The van der Waals surface area contributed by atoms with Gasteiger partial charge in [-0.15, -0.1) is 0 Å². The number of aromatic amines is 1. The monoisotopic (exact) mass is 491 g/mol. The fraction of sp³-hybridized carbons (Fsp3) is 0.500. The van der Waals surface area contributed by atoms with Crippen molar-refractivity contribution in [1.82, 2.24) is 14.7 Å². The number of aromatic nitrogens is 2. The molecule has 11 nitrogen and oxygen atoms in total. The maximum absolute atomic E-state index is 12.6. The molecule has 2 aromatic rings. The number of hydrogen-bond donors (Lipinski definition) is 6. The normalized spacial score (nSPS) is 15.8. The molecule has 8 N–H and O–H groups in total. The van der Waals surface area contributed by atoms with Gasteiger partial charge in [-0.3, -0.25) is 14.6 Å². The van der Waals surface area contributed by atoms with Crippen molar-refractivity contribution in [3.63, 3.8) is 0 Å². The van der Waals surface area contributed by atoms with Crippen LogP contribution in [0.4, 0.5) is 17.5 Å².